The molecule has 0 atom stereocenters. The summed E-state index contributed by atoms with van der Waals surface area (Å²) < 4.78 is 5.64. The largest absolute Gasteiger partial charge is 0.416 e. The van der Waals surface area contributed by atoms with E-state index < -0.39 is 0 Å². The first-order valence-corrected chi connectivity index (χ1v) is 10.9. The molecule has 0 spiro atoms. The normalized spacial score (nSPS) is 13.6. The van der Waals surface area contributed by atoms with Gasteiger partial charge in [-0.3, -0.25) is 4.79 Å². The third-order valence-corrected chi connectivity index (χ3v) is 5.78. The van der Waals surface area contributed by atoms with E-state index in [1.54, 1.807) is 0 Å². The predicted molar refractivity (Wildman–Crippen MR) is 116 cm³/mol. The van der Waals surface area contributed by atoms with E-state index in [4.69, 9.17) is 16.0 Å². The van der Waals surface area contributed by atoms with Gasteiger partial charge >= 0.3 is 0 Å². The van der Waals surface area contributed by atoms with Gasteiger partial charge in [0.2, 0.25) is 11.8 Å². The van der Waals surface area contributed by atoms with Gasteiger partial charge in [0.1, 0.15) is 0 Å². The molecule has 1 amide bonds. The Morgan fingerprint density at radius 3 is 2.69 bits per heavy atom. The molecule has 1 aliphatic heterocycles. The summed E-state index contributed by atoms with van der Waals surface area (Å²) in [6.45, 7) is 1.90. The SMILES string of the molecule is O=C(CSc1nnc(Cc2ccccc2)o1)Nc1cccc(Cl)c1N1CCCC1. The molecule has 1 aromatic heterocycles. The zero-order valence-corrected chi connectivity index (χ0v) is 17.4. The van der Waals surface area contributed by atoms with Gasteiger partial charge in [0.05, 0.1) is 28.6 Å². The standard InChI is InChI=1S/C21H21ClN4O2S/c22-16-9-6-10-17(20(16)26-11-4-5-12-26)23-18(27)14-29-21-25-24-19(28-21)13-15-7-2-1-3-8-15/h1-3,6-10H,4-5,11-14H2,(H,23,27). The molecule has 4 rings (SSSR count). The van der Waals surface area contributed by atoms with Crippen molar-refractivity contribution in [2.45, 2.75) is 24.5 Å². The van der Waals surface area contributed by atoms with Crippen LogP contribution in [0.5, 0.6) is 0 Å². The Kier molecular flexibility index (Phi) is 6.36. The highest BCUT2D eigenvalue weighted by atomic mass is 35.5. The maximum Gasteiger partial charge on any atom is 0.277 e. The molecule has 0 radical (unpaired) electrons. The Labute approximate surface area is 178 Å². The molecule has 1 N–H and O–H groups in total. The van der Waals surface area contributed by atoms with Crippen LogP contribution in [0.3, 0.4) is 0 Å². The average Bonchev–Trinajstić information content (AvgIpc) is 3.40. The molecule has 3 aromatic rings. The van der Waals surface area contributed by atoms with Crippen LogP contribution in [0.15, 0.2) is 58.2 Å². The molecule has 0 bridgehead atoms. The molecule has 0 unspecified atom stereocenters. The second-order valence-electron chi connectivity index (χ2n) is 6.79. The van der Waals surface area contributed by atoms with Crippen LogP contribution in [0.25, 0.3) is 0 Å². The quantitative estimate of drug-likeness (QED) is 0.552. The van der Waals surface area contributed by atoms with E-state index in [0.717, 1.165) is 42.9 Å². The Hall–Kier alpha value is -2.51. The molecule has 2 heterocycles. The maximum absolute atomic E-state index is 12.5. The van der Waals surface area contributed by atoms with Crippen molar-refractivity contribution in [3.05, 3.63) is 65.0 Å². The lowest BCUT2D eigenvalue weighted by Crippen LogP contribution is -2.22. The zero-order valence-electron chi connectivity index (χ0n) is 15.8. The van der Waals surface area contributed by atoms with Crippen LogP contribution in [0, 0.1) is 0 Å². The molecule has 2 aromatic carbocycles. The Balaban J connectivity index is 1.35. The van der Waals surface area contributed by atoms with Crippen LogP contribution >= 0.6 is 23.4 Å². The number of hydrogen-bond acceptors (Lipinski definition) is 6. The minimum atomic E-state index is -0.138. The summed E-state index contributed by atoms with van der Waals surface area (Å²) in [7, 11) is 0. The summed E-state index contributed by atoms with van der Waals surface area (Å²) in [6, 6.07) is 15.5. The van der Waals surface area contributed by atoms with Gasteiger partial charge in [-0.25, -0.2) is 0 Å². The number of carbonyl (C=O) groups is 1. The third-order valence-electron chi connectivity index (χ3n) is 4.66. The summed E-state index contributed by atoms with van der Waals surface area (Å²) in [4.78, 5) is 14.7. The highest BCUT2D eigenvalue weighted by Gasteiger charge is 2.20. The van der Waals surface area contributed by atoms with Gasteiger partial charge in [-0.2, -0.15) is 0 Å². The summed E-state index contributed by atoms with van der Waals surface area (Å²) in [5.41, 5.74) is 2.73. The number of nitrogens with one attached hydrogen (secondary N) is 1. The maximum atomic E-state index is 12.5. The number of halogens is 1. The smallest absolute Gasteiger partial charge is 0.277 e. The molecule has 6 nitrogen and oxygen atoms in total. The number of para-hydroxylation sites is 1. The molecule has 1 aliphatic rings. The molecule has 8 heteroatoms. The Bertz CT molecular complexity index is 974. The fraction of sp³-hybridized carbons (Fsp3) is 0.286. The lowest BCUT2D eigenvalue weighted by molar-refractivity contribution is -0.113. The number of nitrogens with zero attached hydrogens (tertiary/aromatic N) is 3. The number of carbonyl (C=O) groups excluding carboxylic acids is 1. The summed E-state index contributed by atoms with van der Waals surface area (Å²) in [5, 5.41) is 12.1. The monoisotopic (exact) mass is 428 g/mol. The van der Waals surface area contributed by atoms with Crippen LogP contribution in [-0.2, 0) is 11.2 Å². The van der Waals surface area contributed by atoms with Crippen LogP contribution in [0.2, 0.25) is 5.02 Å². The van der Waals surface area contributed by atoms with Crippen molar-refractivity contribution in [1.29, 1.82) is 0 Å². The van der Waals surface area contributed by atoms with Crippen molar-refractivity contribution in [2.24, 2.45) is 0 Å². The number of aromatic nitrogens is 2. The van der Waals surface area contributed by atoms with E-state index in [9.17, 15) is 4.79 Å². The van der Waals surface area contributed by atoms with Gasteiger partial charge in [-0.15, -0.1) is 10.2 Å². The number of rotatable bonds is 7. The summed E-state index contributed by atoms with van der Waals surface area (Å²) in [6.07, 6.45) is 2.84. The Morgan fingerprint density at radius 2 is 1.90 bits per heavy atom. The molecule has 1 saturated heterocycles. The second kappa shape index (κ2) is 9.33. The van der Waals surface area contributed by atoms with Crippen LogP contribution in [0.1, 0.15) is 24.3 Å². The molecule has 0 aliphatic carbocycles. The lowest BCUT2D eigenvalue weighted by Gasteiger charge is -2.22. The molecular formula is C21H21ClN4O2S. The number of thioether (sulfide) groups is 1. The fourth-order valence-electron chi connectivity index (χ4n) is 3.33. The number of anilines is 2. The van der Waals surface area contributed by atoms with Crippen molar-refractivity contribution in [3.63, 3.8) is 0 Å². The van der Waals surface area contributed by atoms with E-state index in [1.165, 1.54) is 11.8 Å². The van der Waals surface area contributed by atoms with E-state index in [1.807, 2.05) is 48.5 Å². The molecule has 150 valence electrons. The van der Waals surface area contributed by atoms with Gasteiger partial charge < -0.3 is 14.6 Å². The van der Waals surface area contributed by atoms with E-state index in [2.05, 4.69) is 20.4 Å². The van der Waals surface area contributed by atoms with Crippen molar-refractivity contribution in [1.82, 2.24) is 10.2 Å². The first-order valence-electron chi connectivity index (χ1n) is 9.51. The van der Waals surface area contributed by atoms with Gasteiger partial charge in [-0.1, -0.05) is 59.8 Å². The van der Waals surface area contributed by atoms with Crippen LogP contribution in [0.4, 0.5) is 11.4 Å². The lowest BCUT2D eigenvalue weighted by atomic mass is 10.2. The van der Waals surface area contributed by atoms with Crippen molar-refractivity contribution < 1.29 is 9.21 Å². The second-order valence-corrected chi connectivity index (χ2v) is 8.12. The molecule has 29 heavy (non-hydrogen) atoms. The van der Waals surface area contributed by atoms with Crippen molar-refractivity contribution >= 4 is 40.6 Å². The van der Waals surface area contributed by atoms with Gasteiger partial charge in [0.25, 0.3) is 5.22 Å². The molecular weight excluding hydrogens is 408 g/mol. The third kappa shape index (κ3) is 5.10. The average molecular weight is 429 g/mol. The molecule has 0 saturated carbocycles. The predicted octanol–water partition coefficient (Wildman–Crippen LogP) is 4.64. The molecule has 1 fully saturated rings. The van der Waals surface area contributed by atoms with E-state index in [0.29, 0.717) is 22.6 Å². The number of benzene rings is 2. The van der Waals surface area contributed by atoms with Crippen molar-refractivity contribution in [3.8, 4) is 0 Å². The van der Waals surface area contributed by atoms with E-state index >= 15 is 0 Å². The first kappa shape index (κ1) is 19.8. The number of hydrogen-bond donors (Lipinski definition) is 1. The minimum Gasteiger partial charge on any atom is -0.416 e. The van der Waals surface area contributed by atoms with Gasteiger partial charge in [-0.05, 0) is 30.5 Å². The highest BCUT2D eigenvalue weighted by Crippen LogP contribution is 2.36. The fourth-order valence-corrected chi connectivity index (χ4v) is 4.20. The first-order chi connectivity index (χ1) is 14.2. The van der Waals surface area contributed by atoms with E-state index in [-0.39, 0.29) is 11.7 Å². The van der Waals surface area contributed by atoms with Gasteiger partial charge in [0, 0.05) is 13.1 Å². The topological polar surface area (TPSA) is 71.3 Å². The summed E-state index contributed by atoms with van der Waals surface area (Å²) >= 11 is 7.63. The number of amides is 1. The Morgan fingerprint density at radius 1 is 1.10 bits per heavy atom. The minimum absolute atomic E-state index is 0.138. The summed E-state index contributed by atoms with van der Waals surface area (Å²) in [5.74, 6) is 0.574. The zero-order chi connectivity index (χ0) is 20.1. The van der Waals surface area contributed by atoms with Crippen LogP contribution in [-0.4, -0.2) is 34.9 Å². The van der Waals surface area contributed by atoms with Gasteiger partial charge in [0.15, 0.2) is 0 Å². The van der Waals surface area contributed by atoms with Crippen LogP contribution < -0.4 is 10.2 Å². The van der Waals surface area contributed by atoms with Crippen molar-refractivity contribution in [2.75, 3.05) is 29.1 Å². The highest BCUT2D eigenvalue weighted by molar-refractivity contribution is 7.99.